The van der Waals surface area contributed by atoms with Crippen molar-refractivity contribution >= 4 is 24.1 Å². The second kappa shape index (κ2) is 9.38. The quantitative estimate of drug-likeness (QED) is 0.679. The predicted octanol–water partition coefficient (Wildman–Crippen LogP) is 4.99. The Kier molecular flexibility index (Phi) is 7.81. The van der Waals surface area contributed by atoms with Gasteiger partial charge in [0, 0.05) is 6.54 Å². The van der Waals surface area contributed by atoms with Crippen molar-refractivity contribution in [3.63, 3.8) is 0 Å². The van der Waals surface area contributed by atoms with Gasteiger partial charge in [0.05, 0.1) is 0 Å². The molecule has 0 bridgehead atoms. The number of nitrogens with zero attached hydrogens (tertiary/aromatic N) is 1. The summed E-state index contributed by atoms with van der Waals surface area (Å²) >= 11 is 0. The zero-order chi connectivity index (χ0) is 14.2. The Labute approximate surface area is 134 Å². The van der Waals surface area contributed by atoms with Gasteiger partial charge in [-0.25, -0.2) is 0 Å². The number of hydrogen-bond acceptors (Lipinski definition) is 1. The third-order valence-corrected chi connectivity index (χ3v) is 3.57. The van der Waals surface area contributed by atoms with Crippen LogP contribution in [0.2, 0.25) is 0 Å². The van der Waals surface area contributed by atoms with Crippen LogP contribution in [0.15, 0.2) is 60.7 Å². The van der Waals surface area contributed by atoms with Crippen LogP contribution in [0, 0.1) is 0 Å². The minimum absolute atomic E-state index is 0. The predicted molar refractivity (Wildman–Crippen MR) is 95.8 cm³/mol. The lowest BCUT2D eigenvalue weighted by molar-refractivity contribution is 0.342. The van der Waals surface area contributed by atoms with Crippen LogP contribution in [0.1, 0.15) is 25.0 Å². The van der Waals surface area contributed by atoms with Crippen molar-refractivity contribution in [1.82, 2.24) is 4.90 Å². The third-order valence-electron chi connectivity index (χ3n) is 3.57. The van der Waals surface area contributed by atoms with E-state index in [-0.39, 0.29) is 12.4 Å². The molecule has 0 atom stereocenters. The van der Waals surface area contributed by atoms with Crippen molar-refractivity contribution < 1.29 is 0 Å². The Morgan fingerprint density at radius 1 is 0.857 bits per heavy atom. The Balaban J connectivity index is 0.00000220. The lowest BCUT2D eigenvalue weighted by Gasteiger charge is -2.20. The molecular weight excluding hydrogens is 278 g/mol. The molecule has 1 nitrogen and oxygen atoms in total. The van der Waals surface area contributed by atoms with Crippen LogP contribution in [0.5, 0.6) is 0 Å². The molecule has 21 heavy (non-hydrogen) atoms. The summed E-state index contributed by atoms with van der Waals surface area (Å²) in [5.41, 5.74) is 3.95. The molecule has 0 amide bonds. The second-order valence-electron chi connectivity index (χ2n) is 4.91. The first-order valence-electron chi connectivity index (χ1n) is 7.37. The van der Waals surface area contributed by atoms with E-state index in [2.05, 4.69) is 85.5 Å². The van der Waals surface area contributed by atoms with E-state index >= 15 is 0 Å². The van der Waals surface area contributed by atoms with Crippen molar-refractivity contribution in [3.05, 3.63) is 71.8 Å². The van der Waals surface area contributed by atoms with Crippen LogP contribution in [0.3, 0.4) is 0 Å². The molecule has 0 fully saturated rings. The minimum atomic E-state index is 0. The van der Waals surface area contributed by atoms with E-state index in [9.17, 15) is 0 Å². The molecule has 0 aromatic heterocycles. The first-order chi connectivity index (χ1) is 9.83. The fraction of sp³-hybridized carbons (Fsp3) is 0.263. The standard InChI is InChI=1S/C19H23N.ClH/c1-3-20(4-2)16-19(18-13-9-6-10-14-18)15-17-11-7-5-8-12-17;/h5-15H,3-4,16H2,1-2H3;1H. The molecule has 0 spiro atoms. The largest absolute Gasteiger partial charge is 0.300 e. The molecule has 0 saturated heterocycles. The van der Waals surface area contributed by atoms with Crippen molar-refractivity contribution in [2.75, 3.05) is 19.6 Å². The highest BCUT2D eigenvalue weighted by molar-refractivity contribution is 5.85. The molecular formula is C19H24ClN. The van der Waals surface area contributed by atoms with Gasteiger partial charge in [-0.15, -0.1) is 12.4 Å². The van der Waals surface area contributed by atoms with Gasteiger partial charge in [-0.1, -0.05) is 74.5 Å². The van der Waals surface area contributed by atoms with Gasteiger partial charge in [0.25, 0.3) is 0 Å². The van der Waals surface area contributed by atoms with Crippen LogP contribution in [-0.2, 0) is 0 Å². The molecule has 2 aromatic carbocycles. The van der Waals surface area contributed by atoms with Crippen LogP contribution < -0.4 is 0 Å². The summed E-state index contributed by atoms with van der Waals surface area (Å²) < 4.78 is 0. The Morgan fingerprint density at radius 2 is 1.38 bits per heavy atom. The van der Waals surface area contributed by atoms with Crippen LogP contribution in [-0.4, -0.2) is 24.5 Å². The van der Waals surface area contributed by atoms with Gasteiger partial charge >= 0.3 is 0 Å². The van der Waals surface area contributed by atoms with Crippen LogP contribution in [0.25, 0.3) is 11.6 Å². The first kappa shape index (κ1) is 17.5. The normalized spacial score (nSPS) is 11.3. The van der Waals surface area contributed by atoms with Crippen molar-refractivity contribution in [3.8, 4) is 0 Å². The van der Waals surface area contributed by atoms with Gasteiger partial charge in [0.15, 0.2) is 0 Å². The lowest BCUT2D eigenvalue weighted by Crippen LogP contribution is -2.24. The van der Waals surface area contributed by atoms with Crippen LogP contribution >= 0.6 is 12.4 Å². The van der Waals surface area contributed by atoms with E-state index < -0.39 is 0 Å². The zero-order valence-corrected chi connectivity index (χ0v) is 13.6. The van der Waals surface area contributed by atoms with E-state index in [1.165, 1.54) is 16.7 Å². The molecule has 2 aromatic rings. The van der Waals surface area contributed by atoms with Gasteiger partial charge in [-0.3, -0.25) is 4.90 Å². The van der Waals surface area contributed by atoms with Gasteiger partial charge in [0.2, 0.25) is 0 Å². The maximum atomic E-state index is 2.45. The maximum Gasteiger partial charge on any atom is 0.0239 e. The highest BCUT2D eigenvalue weighted by atomic mass is 35.5. The fourth-order valence-corrected chi connectivity index (χ4v) is 2.31. The Bertz CT molecular complexity index is 530. The van der Waals surface area contributed by atoms with Crippen molar-refractivity contribution in [1.29, 1.82) is 0 Å². The summed E-state index contributed by atoms with van der Waals surface area (Å²) in [7, 11) is 0. The number of likely N-dealkylation sites (N-methyl/N-ethyl adjacent to an activating group) is 1. The van der Waals surface area contributed by atoms with E-state index in [1.807, 2.05) is 0 Å². The number of hydrogen-bond donors (Lipinski definition) is 0. The zero-order valence-electron chi connectivity index (χ0n) is 12.8. The number of benzene rings is 2. The first-order valence-corrected chi connectivity index (χ1v) is 7.37. The van der Waals surface area contributed by atoms with Gasteiger partial charge < -0.3 is 0 Å². The summed E-state index contributed by atoms with van der Waals surface area (Å²) in [6.45, 7) is 7.58. The second-order valence-corrected chi connectivity index (χ2v) is 4.91. The molecule has 0 radical (unpaired) electrons. The van der Waals surface area contributed by atoms with E-state index in [1.54, 1.807) is 0 Å². The number of rotatable bonds is 6. The van der Waals surface area contributed by atoms with E-state index in [4.69, 9.17) is 0 Å². The fourth-order valence-electron chi connectivity index (χ4n) is 2.31. The van der Waals surface area contributed by atoms with Crippen molar-refractivity contribution in [2.45, 2.75) is 13.8 Å². The van der Waals surface area contributed by atoms with Gasteiger partial charge in [-0.05, 0) is 35.9 Å². The molecule has 0 unspecified atom stereocenters. The molecule has 2 heteroatoms. The summed E-state index contributed by atoms with van der Waals surface area (Å²) in [5, 5.41) is 0. The molecule has 0 aliphatic carbocycles. The minimum Gasteiger partial charge on any atom is -0.300 e. The average Bonchev–Trinajstić information content (AvgIpc) is 2.53. The van der Waals surface area contributed by atoms with Crippen molar-refractivity contribution in [2.24, 2.45) is 0 Å². The number of halogens is 1. The van der Waals surface area contributed by atoms with Gasteiger partial charge in [-0.2, -0.15) is 0 Å². The Morgan fingerprint density at radius 3 is 1.90 bits per heavy atom. The molecule has 0 aliphatic rings. The third kappa shape index (κ3) is 5.37. The monoisotopic (exact) mass is 301 g/mol. The molecule has 0 aliphatic heterocycles. The molecule has 0 N–H and O–H groups in total. The topological polar surface area (TPSA) is 3.24 Å². The lowest BCUT2D eigenvalue weighted by atomic mass is 10.0. The summed E-state index contributed by atoms with van der Waals surface area (Å²) in [4.78, 5) is 2.45. The summed E-state index contributed by atoms with van der Waals surface area (Å²) in [5.74, 6) is 0. The van der Waals surface area contributed by atoms with Gasteiger partial charge in [0.1, 0.15) is 0 Å². The smallest absolute Gasteiger partial charge is 0.0239 e. The SMILES string of the molecule is CCN(CC)CC(=Cc1ccccc1)c1ccccc1.Cl. The van der Waals surface area contributed by atoms with E-state index in [0.717, 1.165) is 19.6 Å². The van der Waals surface area contributed by atoms with Crippen LogP contribution in [0.4, 0.5) is 0 Å². The molecule has 112 valence electrons. The highest BCUT2D eigenvalue weighted by Gasteiger charge is 2.06. The van der Waals surface area contributed by atoms with E-state index in [0.29, 0.717) is 0 Å². The molecule has 2 rings (SSSR count). The summed E-state index contributed by atoms with van der Waals surface area (Å²) in [6.07, 6.45) is 2.30. The summed E-state index contributed by atoms with van der Waals surface area (Å²) in [6, 6.07) is 21.2. The average molecular weight is 302 g/mol. The molecule has 0 saturated carbocycles. The highest BCUT2D eigenvalue weighted by Crippen LogP contribution is 2.19. The Hall–Kier alpha value is -1.57. The molecule has 0 heterocycles. The maximum absolute atomic E-state index is 2.45.